The van der Waals surface area contributed by atoms with Crippen LogP contribution in [0, 0.1) is 17.8 Å². The molecule has 3 aromatic rings. The maximum atomic E-state index is 13.2. The summed E-state index contributed by atoms with van der Waals surface area (Å²) in [5, 5.41) is 2.23. The number of hydrogen-bond acceptors (Lipinski definition) is 6. The van der Waals surface area contributed by atoms with Crippen LogP contribution < -0.4 is 21.2 Å². The molecule has 166 valence electrons. The summed E-state index contributed by atoms with van der Waals surface area (Å²) in [5.74, 6) is 5.88. The number of primary amides is 1. The van der Waals surface area contributed by atoms with Crippen molar-refractivity contribution in [3.63, 3.8) is 0 Å². The third-order valence-electron chi connectivity index (χ3n) is 5.99. The summed E-state index contributed by atoms with van der Waals surface area (Å²) in [4.78, 5) is 35.2. The van der Waals surface area contributed by atoms with E-state index in [1.54, 1.807) is 29.3 Å². The number of nitrogens with two attached hydrogens (primary N) is 1. The molecule has 1 aromatic carbocycles. The van der Waals surface area contributed by atoms with Crippen molar-refractivity contribution in [1.29, 1.82) is 0 Å². The van der Waals surface area contributed by atoms with Gasteiger partial charge in [-0.1, -0.05) is 41.6 Å². The van der Waals surface area contributed by atoms with Crippen LogP contribution in [0.2, 0.25) is 5.02 Å². The van der Waals surface area contributed by atoms with E-state index in [9.17, 15) is 9.59 Å². The normalized spacial score (nSPS) is 16.9. The highest BCUT2D eigenvalue weighted by Gasteiger charge is 2.28. The summed E-state index contributed by atoms with van der Waals surface area (Å²) in [6.45, 7) is 1.90. The van der Waals surface area contributed by atoms with Crippen LogP contribution in [0.25, 0.3) is 0 Å². The van der Waals surface area contributed by atoms with Crippen LogP contribution >= 0.6 is 11.6 Å². The second kappa shape index (κ2) is 8.60. The topological polar surface area (TPSA) is 97.4 Å². The number of amides is 1. The highest BCUT2D eigenvalue weighted by Crippen LogP contribution is 2.27. The molecule has 1 unspecified atom stereocenters. The van der Waals surface area contributed by atoms with E-state index in [0.29, 0.717) is 42.6 Å². The Morgan fingerprint density at radius 2 is 1.91 bits per heavy atom. The van der Waals surface area contributed by atoms with Crippen LogP contribution in [-0.2, 0) is 11.2 Å². The average Bonchev–Trinajstić information content (AvgIpc) is 3.48. The Bertz CT molecular complexity index is 1340. The third kappa shape index (κ3) is 4.03. The summed E-state index contributed by atoms with van der Waals surface area (Å²) in [7, 11) is 0. The van der Waals surface area contributed by atoms with Crippen LogP contribution in [0.5, 0.6) is 0 Å². The second-order valence-electron chi connectivity index (χ2n) is 8.05. The van der Waals surface area contributed by atoms with Gasteiger partial charge in [-0.2, -0.15) is 0 Å². The first kappa shape index (κ1) is 21.0. The molecule has 0 radical (unpaired) electrons. The van der Waals surface area contributed by atoms with Crippen molar-refractivity contribution in [1.82, 2.24) is 14.6 Å². The Hall–Kier alpha value is -3.83. The van der Waals surface area contributed by atoms with Gasteiger partial charge < -0.3 is 10.6 Å². The fourth-order valence-corrected chi connectivity index (χ4v) is 4.39. The van der Waals surface area contributed by atoms with Crippen LogP contribution in [0.3, 0.4) is 0 Å². The number of halogens is 1. The first-order valence-electron chi connectivity index (χ1n) is 10.7. The lowest BCUT2D eigenvalue weighted by molar-refractivity contribution is -0.121. The van der Waals surface area contributed by atoms with Crippen LogP contribution in [0.1, 0.15) is 23.1 Å². The molecule has 33 heavy (non-hydrogen) atoms. The predicted octanol–water partition coefficient (Wildman–Crippen LogP) is 1.83. The number of nitrogens with zero attached hydrogens (tertiary/aromatic N) is 5. The molecule has 1 fully saturated rings. The van der Waals surface area contributed by atoms with E-state index < -0.39 is 0 Å². The molecule has 2 N–H and O–H groups in total. The molecule has 8 nitrogen and oxygen atoms in total. The summed E-state index contributed by atoms with van der Waals surface area (Å²) >= 11 is 6.32. The number of hydrogen-bond donors (Lipinski definition) is 1. The maximum absolute atomic E-state index is 13.2. The van der Waals surface area contributed by atoms with Crippen molar-refractivity contribution in [3.8, 4) is 11.8 Å². The van der Waals surface area contributed by atoms with Crippen molar-refractivity contribution >= 4 is 29.1 Å². The minimum atomic E-state index is -0.303. The molecule has 1 saturated heterocycles. The molecular weight excluding hydrogens is 440 g/mol. The molecular formula is C24H21ClN6O2. The van der Waals surface area contributed by atoms with Gasteiger partial charge in [-0.15, -0.1) is 0 Å². The molecule has 1 amide bonds. The van der Waals surface area contributed by atoms with Gasteiger partial charge >= 0.3 is 0 Å². The quantitative estimate of drug-likeness (QED) is 0.599. The molecule has 2 aliphatic rings. The Kier molecular flexibility index (Phi) is 5.48. The number of carbonyl (C=O) groups excluding carboxylic acids is 1. The van der Waals surface area contributed by atoms with Crippen molar-refractivity contribution in [3.05, 3.63) is 81.0 Å². The van der Waals surface area contributed by atoms with Crippen molar-refractivity contribution < 1.29 is 4.79 Å². The Balaban J connectivity index is 1.39. The average molecular weight is 461 g/mol. The van der Waals surface area contributed by atoms with E-state index in [-0.39, 0.29) is 22.9 Å². The maximum Gasteiger partial charge on any atom is 0.286 e. The minimum Gasteiger partial charge on any atom is -0.369 e. The first-order valence-corrected chi connectivity index (χ1v) is 11.0. The molecule has 0 bridgehead atoms. The van der Waals surface area contributed by atoms with Gasteiger partial charge in [0.15, 0.2) is 0 Å². The SMILES string of the molecule is NC(=O)C1CCN(c2ncc(C#Cc3c(Cl)ccn(N4CCc5ccccc54)c3=O)cn2)C1. The number of para-hydroxylation sites is 1. The van der Waals surface area contributed by atoms with E-state index in [1.165, 1.54) is 5.56 Å². The molecule has 0 saturated carbocycles. The fourth-order valence-electron chi connectivity index (χ4n) is 4.21. The zero-order valence-electron chi connectivity index (χ0n) is 17.7. The molecule has 9 heteroatoms. The predicted molar refractivity (Wildman–Crippen MR) is 126 cm³/mol. The lowest BCUT2D eigenvalue weighted by Crippen LogP contribution is -2.38. The van der Waals surface area contributed by atoms with Crippen LogP contribution in [-0.4, -0.2) is 40.2 Å². The number of rotatable bonds is 3. The van der Waals surface area contributed by atoms with Gasteiger partial charge in [-0.05, 0) is 30.5 Å². The number of aromatic nitrogens is 3. The van der Waals surface area contributed by atoms with Crippen LogP contribution in [0.4, 0.5) is 11.6 Å². The summed E-state index contributed by atoms with van der Waals surface area (Å²) < 4.78 is 1.56. The zero-order valence-corrected chi connectivity index (χ0v) is 18.5. The molecule has 1 atom stereocenters. The highest BCUT2D eigenvalue weighted by atomic mass is 35.5. The highest BCUT2D eigenvalue weighted by molar-refractivity contribution is 6.31. The number of fused-ring (bicyclic) bond motifs is 1. The Morgan fingerprint density at radius 3 is 2.67 bits per heavy atom. The zero-order chi connectivity index (χ0) is 22.9. The van der Waals surface area contributed by atoms with E-state index in [2.05, 4.69) is 27.9 Å². The lowest BCUT2D eigenvalue weighted by atomic mass is 10.1. The minimum absolute atomic E-state index is 0.182. The van der Waals surface area contributed by atoms with Gasteiger partial charge in [-0.25, -0.2) is 14.6 Å². The van der Waals surface area contributed by atoms with E-state index in [1.807, 2.05) is 28.1 Å². The van der Waals surface area contributed by atoms with Gasteiger partial charge in [0, 0.05) is 38.2 Å². The van der Waals surface area contributed by atoms with Crippen molar-refractivity contribution in [2.45, 2.75) is 12.8 Å². The van der Waals surface area contributed by atoms with E-state index in [0.717, 1.165) is 12.1 Å². The smallest absolute Gasteiger partial charge is 0.286 e. The summed E-state index contributed by atoms with van der Waals surface area (Å²) in [6.07, 6.45) is 6.43. The van der Waals surface area contributed by atoms with E-state index >= 15 is 0 Å². The summed E-state index contributed by atoms with van der Waals surface area (Å²) in [5.41, 5.74) is 8.09. The van der Waals surface area contributed by atoms with Gasteiger partial charge in [0.25, 0.3) is 5.56 Å². The molecule has 0 spiro atoms. The lowest BCUT2D eigenvalue weighted by Gasteiger charge is -2.22. The Morgan fingerprint density at radius 1 is 1.12 bits per heavy atom. The third-order valence-corrected chi connectivity index (χ3v) is 6.30. The molecule has 2 aromatic heterocycles. The fraction of sp³-hybridized carbons (Fsp3) is 0.250. The summed E-state index contributed by atoms with van der Waals surface area (Å²) in [6, 6.07) is 9.70. The standard InChI is InChI=1S/C24H21ClN6O2/c25-20-9-12-31(30-11-8-17-3-1-2-4-21(17)30)23(33)19(20)6-5-16-13-27-24(28-14-16)29-10-7-18(15-29)22(26)32/h1-4,9,12-14,18H,7-8,10-11,15H2,(H2,26,32). The number of anilines is 2. The van der Waals surface area contributed by atoms with Crippen molar-refractivity contribution in [2.24, 2.45) is 11.7 Å². The van der Waals surface area contributed by atoms with Gasteiger partial charge in [-0.3, -0.25) is 14.6 Å². The van der Waals surface area contributed by atoms with Crippen LogP contribution in [0.15, 0.2) is 53.7 Å². The van der Waals surface area contributed by atoms with Gasteiger partial charge in [0.05, 0.1) is 22.2 Å². The molecule has 4 heterocycles. The first-order chi connectivity index (χ1) is 16.0. The second-order valence-corrected chi connectivity index (χ2v) is 8.45. The molecule has 0 aliphatic carbocycles. The van der Waals surface area contributed by atoms with Gasteiger partial charge in [0.2, 0.25) is 11.9 Å². The number of benzene rings is 1. The van der Waals surface area contributed by atoms with Crippen molar-refractivity contribution in [2.75, 3.05) is 29.5 Å². The number of pyridine rings is 1. The Labute approximate surface area is 195 Å². The van der Waals surface area contributed by atoms with E-state index in [4.69, 9.17) is 17.3 Å². The molecule has 2 aliphatic heterocycles. The largest absolute Gasteiger partial charge is 0.369 e. The molecule has 5 rings (SSSR count). The number of carbonyl (C=O) groups is 1. The monoisotopic (exact) mass is 460 g/mol. The van der Waals surface area contributed by atoms with Gasteiger partial charge in [0.1, 0.15) is 5.56 Å².